The first-order chi connectivity index (χ1) is 29.9. The lowest BCUT2D eigenvalue weighted by Crippen LogP contribution is -2.51. The topological polar surface area (TPSA) is 68.5 Å². The third-order valence-electron chi connectivity index (χ3n) is 16.5. The van der Waals surface area contributed by atoms with Gasteiger partial charge in [-0.15, -0.1) is 0 Å². The maximum atomic E-state index is 13.1. The average molecular weight is 846 g/mol. The van der Waals surface area contributed by atoms with E-state index in [9.17, 15) is 10.1 Å². The number of fused-ring (bicyclic) bond motifs is 5. The number of unbranched alkanes of at least 4 members (excludes halogenated alkanes) is 9. The van der Waals surface area contributed by atoms with Gasteiger partial charge >= 0.3 is 5.97 Å². The second kappa shape index (κ2) is 22.9. The quantitative estimate of drug-likeness (QED) is 0.0366. The van der Waals surface area contributed by atoms with Crippen LogP contribution in [0, 0.1) is 64.6 Å². The first-order valence-corrected chi connectivity index (χ1v) is 25.4. The molecule has 5 heteroatoms. The van der Waals surface area contributed by atoms with Crippen LogP contribution in [0.1, 0.15) is 193 Å². The Morgan fingerprint density at radius 2 is 1.56 bits per heavy atom. The molecule has 6 rings (SSSR count). The van der Waals surface area contributed by atoms with Gasteiger partial charge in [0.2, 0.25) is 0 Å². The minimum absolute atomic E-state index is 0.0866. The number of rotatable bonds is 23. The average Bonchev–Trinajstić information content (AvgIpc) is 3.62. The highest BCUT2D eigenvalue weighted by molar-refractivity contribution is 5.89. The molecule has 3 saturated carbocycles. The Morgan fingerprint density at radius 1 is 0.839 bits per heavy atom. The maximum Gasteiger partial charge on any atom is 0.344 e. The van der Waals surface area contributed by atoms with Crippen LogP contribution in [0.5, 0.6) is 11.5 Å². The van der Waals surface area contributed by atoms with Crippen LogP contribution in [0.15, 0.2) is 54.1 Å². The molecule has 8 atom stereocenters. The van der Waals surface area contributed by atoms with Crippen LogP contribution in [0.4, 0.5) is 0 Å². The summed E-state index contributed by atoms with van der Waals surface area (Å²) >= 11 is 0. The minimum Gasteiger partial charge on any atom is -0.493 e. The molecule has 2 aromatic carbocycles. The molecule has 0 unspecified atom stereocenters. The van der Waals surface area contributed by atoms with Gasteiger partial charge in [-0.3, -0.25) is 0 Å². The monoisotopic (exact) mass is 846 g/mol. The molecule has 0 aromatic heterocycles. The van der Waals surface area contributed by atoms with Gasteiger partial charge in [0.25, 0.3) is 0 Å². The molecule has 4 aliphatic rings. The smallest absolute Gasteiger partial charge is 0.344 e. The van der Waals surface area contributed by atoms with E-state index in [1.165, 1.54) is 109 Å². The van der Waals surface area contributed by atoms with Crippen molar-refractivity contribution in [2.24, 2.45) is 46.3 Å². The fourth-order valence-corrected chi connectivity index (χ4v) is 12.8. The van der Waals surface area contributed by atoms with Crippen molar-refractivity contribution in [2.45, 2.75) is 189 Å². The molecule has 0 amide bonds. The van der Waals surface area contributed by atoms with Gasteiger partial charge in [-0.05, 0) is 158 Å². The molecular formula is C57H83NO4. The number of carbonyl (C=O) groups is 1. The summed E-state index contributed by atoms with van der Waals surface area (Å²) in [5, 5.41) is 10.1. The lowest BCUT2D eigenvalue weighted by atomic mass is 9.47. The zero-order valence-electron chi connectivity index (χ0n) is 40.1. The fraction of sp³-hybridized carbons (Fsp3) is 0.684. The predicted octanol–water partition coefficient (Wildman–Crippen LogP) is 15.7. The number of ether oxygens (including phenoxy) is 3. The maximum absolute atomic E-state index is 13.1. The van der Waals surface area contributed by atoms with E-state index >= 15 is 0 Å². The van der Waals surface area contributed by atoms with E-state index in [-0.39, 0.29) is 24.1 Å². The molecule has 0 aliphatic heterocycles. The summed E-state index contributed by atoms with van der Waals surface area (Å²) in [6.45, 7) is 17.4. The van der Waals surface area contributed by atoms with Crippen molar-refractivity contribution in [2.75, 3.05) is 13.2 Å². The summed E-state index contributed by atoms with van der Waals surface area (Å²) in [4.78, 5) is 13.1. The molecule has 0 bridgehead atoms. The number of hydrogen-bond acceptors (Lipinski definition) is 5. The van der Waals surface area contributed by atoms with Gasteiger partial charge in [0.05, 0.1) is 18.2 Å². The second-order valence-corrected chi connectivity index (χ2v) is 21.2. The Hall–Kier alpha value is -3.52. The second-order valence-electron chi connectivity index (χ2n) is 21.2. The number of hydrogen-bond donors (Lipinski definition) is 0. The van der Waals surface area contributed by atoms with Crippen LogP contribution < -0.4 is 9.47 Å². The van der Waals surface area contributed by atoms with Crippen LogP contribution in [0.2, 0.25) is 0 Å². The molecule has 0 N–H and O–H groups in total. The summed E-state index contributed by atoms with van der Waals surface area (Å²) in [6.07, 6.45) is 31.2. The highest BCUT2D eigenvalue weighted by Gasteiger charge is 2.59. The van der Waals surface area contributed by atoms with Crippen molar-refractivity contribution in [3.05, 3.63) is 70.8 Å². The SMILES string of the molecule is CCCCCCCCCCCCOc1cc(/C=C(\C#N)c2ccc(OCC(=O)O[C@H]3CC[C@@]4(C)C(=CC[C@H]5[C@@H]6CC[C@H]([C@H](C)CCCC(C)C)[C@@]6(C)CC[C@@H]54)C3)cc2)ccc1C. The van der Waals surface area contributed by atoms with E-state index in [4.69, 9.17) is 14.2 Å². The lowest BCUT2D eigenvalue weighted by Gasteiger charge is -2.58. The molecule has 3 fully saturated rings. The Kier molecular flexibility index (Phi) is 17.7. The summed E-state index contributed by atoms with van der Waals surface area (Å²) < 4.78 is 18.2. The summed E-state index contributed by atoms with van der Waals surface area (Å²) in [5.74, 6) is 6.07. The van der Waals surface area contributed by atoms with E-state index in [1.54, 1.807) is 5.57 Å². The molecule has 340 valence electrons. The number of carbonyl (C=O) groups excluding carboxylic acids is 1. The van der Waals surface area contributed by atoms with E-state index < -0.39 is 0 Å². The van der Waals surface area contributed by atoms with Gasteiger partial charge in [-0.25, -0.2) is 4.79 Å². The van der Waals surface area contributed by atoms with Crippen LogP contribution >= 0.6 is 0 Å². The zero-order chi connectivity index (χ0) is 44.1. The van der Waals surface area contributed by atoms with Crippen molar-refractivity contribution < 1.29 is 19.0 Å². The van der Waals surface area contributed by atoms with Crippen LogP contribution in [0.3, 0.4) is 0 Å². The number of allylic oxidation sites excluding steroid dienone is 2. The zero-order valence-corrected chi connectivity index (χ0v) is 40.1. The molecule has 0 saturated heterocycles. The number of aryl methyl sites for hydroxylation is 1. The van der Waals surface area contributed by atoms with Crippen molar-refractivity contribution in [1.29, 1.82) is 5.26 Å². The number of benzene rings is 2. The van der Waals surface area contributed by atoms with Crippen LogP contribution in [0.25, 0.3) is 11.6 Å². The largest absolute Gasteiger partial charge is 0.493 e. The lowest BCUT2D eigenvalue weighted by molar-refractivity contribution is -0.153. The first-order valence-electron chi connectivity index (χ1n) is 25.4. The summed E-state index contributed by atoms with van der Waals surface area (Å²) in [6, 6.07) is 15.9. The number of nitriles is 1. The third kappa shape index (κ3) is 12.2. The predicted molar refractivity (Wildman–Crippen MR) is 257 cm³/mol. The van der Waals surface area contributed by atoms with Crippen LogP contribution in [-0.4, -0.2) is 25.3 Å². The Balaban J connectivity index is 0.941. The van der Waals surface area contributed by atoms with E-state index in [0.29, 0.717) is 23.3 Å². The summed E-state index contributed by atoms with van der Waals surface area (Å²) in [7, 11) is 0. The van der Waals surface area contributed by atoms with Gasteiger partial charge in [-0.2, -0.15) is 5.26 Å². The van der Waals surface area contributed by atoms with E-state index in [0.717, 1.165) is 83.6 Å². The third-order valence-corrected chi connectivity index (χ3v) is 16.5. The molecule has 5 nitrogen and oxygen atoms in total. The van der Waals surface area contributed by atoms with Gasteiger partial charge in [0.1, 0.15) is 17.6 Å². The minimum atomic E-state index is -0.312. The molecule has 0 spiro atoms. The Labute approximate surface area is 377 Å². The molecule has 2 aromatic rings. The Morgan fingerprint density at radius 3 is 2.27 bits per heavy atom. The fourth-order valence-electron chi connectivity index (χ4n) is 12.8. The van der Waals surface area contributed by atoms with Crippen molar-refractivity contribution in [3.63, 3.8) is 0 Å². The van der Waals surface area contributed by atoms with Gasteiger partial charge in [0.15, 0.2) is 6.61 Å². The van der Waals surface area contributed by atoms with Gasteiger partial charge < -0.3 is 14.2 Å². The van der Waals surface area contributed by atoms with Crippen LogP contribution in [-0.2, 0) is 9.53 Å². The van der Waals surface area contributed by atoms with Crippen molar-refractivity contribution in [1.82, 2.24) is 0 Å². The highest BCUT2D eigenvalue weighted by Crippen LogP contribution is 2.67. The van der Waals surface area contributed by atoms with Gasteiger partial charge in [-0.1, -0.05) is 142 Å². The normalized spacial score (nSPS) is 27.4. The Bertz CT molecular complexity index is 1840. The van der Waals surface area contributed by atoms with E-state index in [2.05, 4.69) is 66.7 Å². The van der Waals surface area contributed by atoms with Gasteiger partial charge in [0, 0.05) is 6.42 Å². The highest BCUT2D eigenvalue weighted by atomic mass is 16.6. The molecular weight excluding hydrogens is 763 g/mol. The van der Waals surface area contributed by atoms with Crippen molar-refractivity contribution in [3.8, 4) is 17.6 Å². The molecule has 62 heavy (non-hydrogen) atoms. The first kappa shape index (κ1) is 47.9. The molecule has 0 heterocycles. The standard InChI is InChI=1S/C57H83NO4/c1-8-9-10-11-12-13-14-15-16-17-35-60-54-37-44(22-21-43(54)5)36-46(39-58)45-23-26-48(27-24-45)61-40-55(59)62-49-31-33-56(6)47(38-49)25-28-50-52-30-29-51(42(4)20-18-19-41(2)3)57(52,7)34-32-53(50)56/h21-27,36-37,41-42,49-53H,8-20,28-35,38,40H2,1-7H3/b46-36+/t42-,49+,50+,51-,52+,53+,56+,57-/m1/s1. The number of nitrogens with zero attached hydrogens (tertiary/aromatic N) is 1. The van der Waals surface area contributed by atoms with E-state index in [1.807, 2.05) is 42.5 Å². The number of esters is 1. The van der Waals surface area contributed by atoms with Crippen molar-refractivity contribution >= 4 is 17.6 Å². The molecule has 4 aliphatic carbocycles. The summed E-state index contributed by atoms with van der Waals surface area (Å²) in [5.41, 5.74) is 5.65. The molecule has 0 radical (unpaired) electrons.